The van der Waals surface area contributed by atoms with Gasteiger partial charge in [0.25, 0.3) is 0 Å². The molecule has 0 bridgehead atoms. The number of aromatic nitrogens is 2. The van der Waals surface area contributed by atoms with Gasteiger partial charge in [-0.3, -0.25) is 4.68 Å². The second-order valence-corrected chi connectivity index (χ2v) is 5.11. The van der Waals surface area contributed by atoms with Crippen LogP contribution in [0.3, 0.4) is 0 Å². The van der Waals surface area contributed by atoms with Crippen LogP contribution < -0.4 is 5.32 Å². The summed E-state index contributed by atoms with van der Waals surface area (Å²) in [6.45, 7) is 2.68. The molecule has 2 aromatic rings. The summed E-state index contributed by atoms with van der Waals surface area (Å²) in [6, 6.07) is 4.89. The molecule has 1 N–H and O–H groups in total. The van der Waals surface area contributed by atoms with E-state index in [9.17, 15) is 4.39 Å². The second-order valence-electron chi connectivity index (χ2n) is 4.20. The summed E-state index contributed by atoms with van der Waals surface area (Å²) >= 11 is 3.36. The Bertz CT molecular complexity index is 578. The molecule has 0 fully saturated rings. The van der Waals surface area contributed by atoms with E-state index in [1.165, 1.54) is 6.07 Å². The highest BCUT2D eigenvalue weighted by Gasteiger charge is 2.16. The van der Waals surface area contributed by atoms with Crippen molar-refractivity contribution in [3.05, 3.63) is 39.7 Å². The lowest BCUT2D eigenvalue weighted by atomic mass is 10.1. The van der Waals surface area contributed by atoms with Crippen LogP contribution in [-0.2, 0) is 13.6 Å². The first-order valence-electron chi connectivity index (χ1n) is 5.67. The van der Waals surface area contributed by atoms with Crippen molar-refractivity contribution in [1.29, 1.82) is 0 Å². The van der Waals surface area contributed by atoms with Crippen LogP contribution in [0.15, 0.2) is 22.7 Å². The Morgan fingerprint density at radius 2 is 2.17 bits per heavy atom. The van der Waals surface area contributed by atoms with Crippen molar-refractivity contribution in [2.75, 3.05) is 7.05 Å². The number of hydrogen-bond acceptors (Lipinski definition) is 2. The minimum absolute atomic E-state index is 0.254. The van der Waals surface area contributed by atoms with Gasteiger partial charge >= 0.3 is 0 Å². The third-order valence-corrected chi connectivity index (χ3v) is 3.45. The molecule has 18 heavy (non-hydrogen) atoms. The first kappa shape index (κ1) is 13.2. The van der Waals surface area contributed by atoms with Gasteiger partial charge in [-0.25, -0.2) is 4.39 Å². The molecule has 0 saturated heterocycles. The zero-order chi connectivity index (χ0) is 13.3. The fourth-order valence-electron chi connectivity index (χ4n) is 2.01. The lowest BCUT2D eigenvalue weighted by molar-refractivity contribution is 0.629. The van der Waals surface area contributed by atoms with Crippen molar-refractivity contribution in [2.24, 2.45) is 7.05 Å². The zero-order valence-corrected chi connectivity index (χ0v) is 12.2. The fraction of sp³-hybridized carbons (Fsp3) is 0.308. The van der Waals surface area contributed by atoms with Gasteiger partial charge < -0.3 is 5.32 Å². The smallest absolute Gasteiger partial charge is 0.132 e. The fourth-order valence-corrected chi connectivity index (χ4v) is 2.38. The van der Waals surface area contributed by atoms with Gasteiger partial charge in [-0.1, -0.05) is 15.9 Å². The van der Waals surface area contributed by atoms with E-state index in [0.29, 0.717) is 17.8 Å². The van der Waals surface area contributed by atoms with Gasteiger partial charge in [-0.2, -0.15) is 5.10 Å². The number of hydrogen-bond donors (Lipinski definition) is 1. The molecule has 0 atom stereocenters. The molecule has 0 saturated carbocycles. The van der Waals surface area contributed by atoms with Crippen LogP contribution in [0.4, 0.5) is 4.39 Å². The Kier molecular flexibility index (Phi) is 3.82. The van der Waals surface area contributed by atoms with E-state index in [2.05, 4.69) is 26.3 Å². The molecular weight excluding hydrogens is 297 g/mol. The Hall–Kier alpha value is -1.20. The third kappa shape index (κ3) is 2.33. The summed E-state index contributed by atoms with van der Waals surface area (Å²) < 4.78 is 16.5. The number of rotatable bonds is 3. The summed E-state index contributed by atoms with van der Waals surface area (Å²) in [5.74, 6) is -0.254. The molecular formula is C13H15BrFN3. The summed E-state index contributed by atoms with van der Waals surface area (Å²) in [6.07, 6.45) is 0. The molecule has 1 aromatic carbocycles. The molecule has 96 valence electrons. The number of benzene rings is 1. The van der Waals surface area contributed by atoms with Crippen LogP contribution in [0.2, 0.25) is 0 Å². The SMILES string of the molecule is CNCc1c(C)c(-c2cc(Br)ccc2F)nn1C. The van der Waals surface area contributed by atoms with Gasteiger partial charge in [-0.15, -0.1) is 0 Å². The molecule has 0 amide bonds. The van der Waals surface area contributed by atoms with Gasteiger partial charge in [-0.05, 0) is 37.7 Å². The summed E-state index contributed by atoms with van der Waals surface area (Å²) in [5, 5.41) is 7.51. The van der Waals surface area contributed by atoms with E-state index in [1.807, 2.05) is 21.0 Å². The zero-order valence-electron chi connectivity index (χ0n) is 10.6. The predicted octanol–water partition coefficient (Wildman–Crippen LogP) is 3.02. The van der Waals surface area contributed by atoms with Crippen molar-refractivity contribution in [3.63, 3.8) is 0 Å². The van der Waals surface area contributed by atoms with Crippen molar-refractivity contribution >= 4 is 15.9 Å². The van der Waals surface area contributed by atoms with Crippen LogP contribution in [0.5, 0.6) is 0 Å². The molecule has 0 radical (unpaired) electrons. The first-order valence-corrected chi connectivity index (χ1v) is 6.46. The molecule has 5 heteroatoms. The van der Waals surface area contributed by atoms with Gasteiger partial charge in [0, 0.05) is 23.6 Å². The Balaban J connectivity index is 2.57. The standard InChI is InChI=1S/C13H15BrFN3/c1-8-12(7-16-2)18(3)17-13(8)10-6-9(14)4-5-11(10)15/h4-6,16H,7H2,1-3H3. The lowest BCUT2D eigenvalue weighted by Crippen LogP contribution is -2.10. The molecule has 0 unspecified atom stereocenters. The monoisotopic (exact) mass is 311 g/mol. The third-order valence-electron chi connectivity index (χ3n) is 2.96. The molecule has 0 spiro atoms. The second kappa shape index (κ2) is 5.20. The summed E-state index contributed by atoms with van der Waals surface area (Å²) in [5.41, 5.74) is 3.29. The van der Waals surface area contributed by atoms with Crippen molar-refractivity contribution in [3.8, 4) is 11.3 Å². The van der Waals surface area contributed by atoms with Crippen molar-refractivity contribution in [2.45, 2.75) is 13.5 Å². The maximum atomic E-state index is 13.9. The van der Waals surface area contributed by atoms with Gasteiger partial charge in [0.15, 0.2) is 0 Å². The van der Waals surface area contributed by atoms with Crippen molar-refractivity contribution < 1.29 is 4.39 Å². The number of aryl methyl sites for hydroxylation is 1. The normalized spacial score (nSPS) is 10.9. The largest absolute Gasteiger partial charge is 0.314 e. The lowest BCUT2D eigenvalue weighted by Gasteiger charge is -2.03. The highest BCUT2D eigenvalue weighted by Crippen LogP contribution is 2.29. The Labute approximate surface area is 114 Å². The molecule has 3 nitrogen and oxygen atoms in total. The maximum Gasteiger partial charge on any atom is 0.132 e. The minimum atomic E-state index is -0.254. The molecule has 0 aliphatic heterocycles. The molecule has 1 heterocycles. The highest BCUT2D eigenvalue weighted by molar-refractivity contribution is 9.10. The first-order chi connectivity index (χ1) is 8.54. The molecule has 2 rings (SSSR count). The van der Waals surface area contributed by atoms with E-state index in [4.69, 9.17) is 0 Å². The molecule has 0 aliphatic carbocycles. The number of halogens is 2. The highest BCUT2D eigenvalue weighted by atomic mass is 79.9. The topological polar surface area (TPSA) is 29.9 Å². The van der Waals surface area contributed by atoms with E-state index < -0.39 is 0 Å². The van der Waals surface area contributed by atoms with E-state index in [-0.39, 0.29) is 5.82 Å². The van der Waals surface area contributed by atoms with Gasteiger partial charge in [0.2, 0.25) is 0 Å². The van der Waals surface area contributed by atoms with Gasteiger partial charge in [0.1, 0.15) is 5.82 Å². The number of nitrogens with one attached hydrogen (secondary N) is 1. The quantitative estimate of drug-likeness (QED) is 0.944. The maximum absolute atomic E-state index is 13.9. The van der Waals surface area contributed by atoms with E-state index in [1.54, 1.807) is 16.8 Å². The number of nitrogens with zero attached hydrogens (tertiary/aromatic N) is 2. The van der Waals surface area contributed by atoms with E-state index in [0.717, 1.165) is 15.7 Å². The van der Waals surface area contributed by atoms with Crippen LogP contribution in [0.25, 0.3) is 11.3 Å². The predicted molar refractivity (Wildman–Crippen MR) is 73.8 cm³/mol. The average molecular weight is 312 g/mol. The van der Waals surface area contributed by atoms with Crippen LogP contribution in [0, 0.1) is 12.7 Å². The van der Waals surface area contributed by atoms with Crippen molar-refractivity contribution in [1.82, 2.24) is 15.1 Å². The summed E-state index contributed by atoms with van der Waals surface area (Å²) in [7, 11) is 3.75. The van der Waals surface area contributed by atoms with Crippen LogP contribution in [0.1, 0.15) is 11.3 Å². The van der Waals surface area contributed by atoms with Crippen LogP contribution >= 0.6 is 15.9 Å². The van der Waals surface area contributed by atoms with Gasteiger partial charge in [0.05, 0.1) is 11.4 Å². The molecule has 0 aliphatic rings. The van der Waals surface area contributed by atoms with E-state index >= 15 is 0 Å². The molecule has 1 aromatic heterocycles. The van der Waals surface area contributed by atoms with Crippen LogP contribution in [-0.4, -0.2) is 16.8 Å². The summed E-state index contributed by atoms with van der Waals surface area (Å²) in [4.78, 5) is 0. The minimum Gasteiger partial charge on any atom is -0.314 e. The Morgan fingerprint density at radius 3 is 2.83 bits per heavy atom. The Morgan fingerprint density at radius 1 is 1.44 bits per heavy atom. The average Bonchev–Trinajstić information content (AvgIpc) is 2.61.